The summed E-state index contributed by atoms with van der Waals surface area (Å²) in [6, 6.07) is 4.90. The first-order chi connectivity index (χ1) is 13.6. The second-order valence-corrected chi connectivity index (χ2v) is 10.4. The van der Waals surface area contributed by atoms with Crippen molar-refractivity contribution >= 4 is 37.5 Å². The third kappa shape index (κ3) is 4.85. The molecule has 2 heterocycles. The molecule has 0 amide bonds. The lowest BCUT2D eigenvalue weighted by Crippen LogP contribution is -2.36. The molecular weight excluding hydrogens is 421 g/mol. The molecule has 1 aliphatic rings. The number of aliphatic hydroxyl groups excluding tert-OH is 1. The fraction of sp³-hybridized carbons (Fsp3) is 0.444. The van der Waals surface area contributed by atoms with Gasteiger partial charge in [0.2, 0.25) is 0 Å². The summed E-state index contributed by atoms with van der Waals surface area (Å²) in [5.74, 6) is -0.438. The van der Waals surface area contributed by atoms with Gasteiger partial charge in [-0.25, -0.2) is 12.8 Å². The summed E-state index contributed by atoms with van der Waals surface area (Å²) in [5.41, 5.74) is 1.05. The fourth-order valence-corrected chi connectivity index (χ4v) is 5.35. The Bertz CT molecular complexity index is 1020. The van der Waals surface area contributed by atoms with E-state index in [1.807, 2.05) is 4.90 Å². The average molecular weight is 444 g/mol. The van der Waals surface area contributed by atoms with Crippen LogP contribution in [0.25, 0.3) is 0 Å². The number of aliphatic hydroxyl groups is 1. The zero-order valence-corrected chi connectivity index (χ0v) is 17.6. The fourth-order valence-electron chi connectivity index (χ4n) is 3.32. The molecule has 0 aliphatic carbocycles. The maximum atomic E-state index is 14.0. The Labute approximate surface area is 172 Å². The highest BCUT2D eigenvalue weighted by molar-refractivity contribution is 7.92. The smallest absolute Gasteiger partial charge is 0.304 e. The molecule has 0 spiro atoms. The number of anilines is 2. The second kappa shape index (κ2) is 8.25. The van der Waals surface area contributed by atoms with Gasteiger partial charge in [0.05, 0.1) is 17.1 Å². The Hall–Kier alpha value is -2.24. The number of nitro groups is 1. The molecule has 3 rings (SSSR count). The van der Waals surface area contributed by atoms with Crippen molar-refractivity contribution in [2.75, 3.05) is 29.6 Å². The summed E-state index contributed by atoms with van der Waals surface area (Å²) in [5, 5.41) is 24.2. The third-order valence-corrected chi connectivity index (χ3v) is 7.72. The van der Waals surface area contributed by atoms with Crippen LogP contribution >= 0.6 is 11.3 Å². The predicted octanol–water partition coefficient (Wildman–Crippen LogP) is 3.33. The minimum absolute atomic E-state index is 0.104. The number of hydrogen-bond acceptors (Lipinski definition) is 8. The highest BCUT2D eigenvalue weighted by Crippen LogP contribution is 2.40. The van der Waals surface area contributed by atoms with Crippen molar-refractivity contribution in [1.82, 2.24) is 0 Å². The molecule has 2 aromatic rings. The van der Waals surface area contributed by atoms with E-state index >= 15 is 0 Å². The number of halogens is 1. The number of piperidine rings is 1. The van der Waals surface area contributed by atoms with Crippen molar-refractivity contribution < 1.29 is 22.8 Å². The van der Waals surface area contributed by atoms with E-state index in [0.29, 0.717) is 31.5 Å². The predicted molar refractivity (Wildman–Crippen MR) is 110 cm³/mol. The zero-order valence-electron chi connectivity index (χ0n) is 16.0. The molecule has 158 valence electrons. The van der Waals surface area contributed by atoms with Gasteiger partial charge in [0.15, 0.2) is 14.8 Å². The van der Waals surface area contributed by atoms with Gasteiger partial charge in [-0.2, -0.15) is 0 Å². The van der Waals surface area contributed by atoms with Gasteiger partial charge in [-0.15, -0.1) is 0 Å². The van der Waals surface area contributed by atoms with E-state index < -0.39 is 26.6 Å². The number of nitrogens with one attached hydrogen (secondary N) is 1. The molecule has 1 aromatic carbocycles. The summed E-state index contributed by atoms with van der Waals surface area (Å²) >= 11 is 0.783. The highest BCUT2D eigenvalue weighted by atomic mass is 32.2. The lowest BCUT2D eigenvalue weighted by molar-refractivity contribution is -0.383. The number of nitrogens with zero attached hydrogens (tertiary/aromatic N) is 2. The van der Waals surface area contributed by atoms with Gasteiger partial charge in [0, 0.05) is 36.7 Å². The molecule has 1 unspecified atom stereocenters. The van der Waals surface area contributed by atoms with Crippen LogP contribution in [0.5, 0.6) is 0 Å². The SMILES string of the molecule is CC(Nc1sc(S(C)(=O)=O)cc1[N+](=O)[O-])c1cc(F)ccc1N1CCC(O)CC1. The van der Waals surface area contributed by atoms with Crippen LogP contribution in [0.1, 0.15) is 31.4 Å². The molecule has 1 aromatic heterocycles. The van der Waals surface area contributed by atoms with Gasteiger partial charge in [0.25, 0.3) is 0 Å². The minimum Gasteiger partial charge on any atom is -0.393 e. The molecule has 1 saturated heterocycles. The van der Waals surface area contributed by atoms with Crippen LogP contribution in [0.15, 0.2) is 28.5 Å². The molecule has 1 atom stereocenters. The van der Waals surface area contributed by atoms with Crippen LogP contribution in [-0.4, -0.2) is 43.9 Å². The van der Waals surface area contributed by atoms with Gasteiger partial charge < -0.3 is 15.3 Å². The van der Waals surface area contributed by atoms with Crippen molar-refractivity contribution in [3.63, 3.8) is 0 Å². The number of hydrogen-bond donors (Lipinski definition) is 2. The van der Waals surface area contributed by atoms with Crippen LogP contribution in [-0.2, 0) is 9.84 Å². The Morgan fingerprint density at radius 2 is 2.00 bits per heavy atom. The van der Waals surface area contributed by atoms with Gasteiger partial charge in [-0.3, -0.25) is 10.1 Å². The van der Waals surface area contributed by atoms with Crippen molar-refractivity contribution in [3.05, 3.63) is 45.8 Å². The summed E-state index contributed by atoms with van der Waals surface area (Å²) in [6.07, 6.45) is 1.85. The van der Waals surface area contributed by atoms with Crippen molar-refractivity contribution in [2.24, 2.45) is 0 Å². The lowest BCUT2D eigenvalue weighted by atomic mass is 10.0. The average Bonchev–Trinajstić information content (AvgIpc) is 3.07. The summed E-state index contributed by atoms with van der Waals surface area (Å²) < 4.78 is 37.4. The Morgan fingerprint density at radius 3 is 2.59 bits per heavy atom. The van der Waals surface area contributed by atoms with Crippen LogP contribution < -0.4 is 10.2 Å². The van der Waals surface area contributed by atoms with Crippen LogP contribution in [0.3, 0.4) is 0 Å². The first kappa shape index (κ1) is 21.5. The third-order valence-electron chi connectivity index (χ3n) is 4.86. The van der Waals surface area contributed by atoms with E-state index in [1.165, 1.54) is 12.1 Å². The lowest BCUT2D eigenvalue weighted by Gasteiger charge is -2.34. The summed E-state index contributed by atoms with van der Waals surface area (Å²) in [7, 11) is -3.59. The van der Waals surface area contributed by atoms with E-state index in [2.05, 4.69) is 5.32 Å². The number of thiophene rings is 1. The van der Waals surface area contributed by atoms with Crippen molar-refractivity contribution in [1.29, 1.82) is 0 Å². The maximum Gasteiger partial charge on any atom is 0.304 e. The quantitative estimate of drug-likeness (QED) is 0.520. The van der Waals surface area contributed by atoms with Crippen molar-refractivity contribution in [3.8, 4) is 0 Å². The number of rotatable bonds is 6. The van der Waals surface area contributed by atoms with Crippen LogP contribution in [0.4, 0.5) is 20.8 Å². The number of benzene rings is 1. The zero-order chi connectivity index (χ0) is 21.3. The molecule has 11 heteroatoms. The Balaban J connectivity index is 1.93. The second-order valence-electron chi connectivity index (χ2n) is 7.10. The van der Waals surface area contributed by atoms with Crippen molar-refractivity contribution in [2.45, 2.75) is 36.1 Å². The van der Waals surface area contributed by atoms with Gasteiger partial charge in [-0.1, -0.05) is 11.3 Å². The van der Waals surface area contributed by atoms with E-state index in [4.69, 9.17) is 0 Å². The maximum absolute atomic E-state index is 14.0. The molecule has 2 N–H and O–H groups in total. The van der Waals surface area contributed by atoms with E-state index in [9.17, 15) is 28.0 Å². The number of sulfone groups is 1. The summed E-state index contributed by atoms with van der Waals surface area (Å²) in [4.78, 5) is 12.8. The standard InChI is InChI=1S/C18H22FN3O5S2/c1-11(20-18-16(22(24)25)10-17(28-18)29(2,26)27)14-9-12(19)3-4-15(14)21-7-5-13(23)6-8-21/h3-4,9-11,13,20,23H,5-8H2,1-2H3. The first-order valence-electron chi connectivity index (χ1n) is 9.03. The van der Waals surface area contributed by atoms with Gasteiger partial charge in [0.1, 0.15) is 10.0 Å². The molecule has 0 radical (unpaired) electrons. The molecular formula is C18H22FN3O5S2. The minimum atomic E-state index is -3.59. The van der Waals surface area contributed by atoms with E-state index in [1.54, 1.807) is 13.0 Å². The highest BCUT2D eigenvalue weighted by Gasteiger charge is 2.27. The molecule has 8 nitrogen and oxygen atoms in total. The topological polar surface area (TPSA) is 113 Å². The van der Waals surface area contributed by atoms with Crippen LogP contribution in [0, 0.1) is 15.9 Å². The molecule has 0 bridgehead atoms. The summed E-state index contributed by atoms with van der Waals surface area (Å²) in [6.45, 7) is 2.97. The first-order valence-corrected chi connectivity index (χ1v) is 11.7. The Kier molecular flexibility index (Phi) is 6.11. The largest absolute Gasteiger partial charge is 0.393 e. The van der Waals surface area contributed by atoms with E-state index in [-0.39, 0.29) is 21.0 Å². The van der Waals surface area contributed by atoms with Crippen LogP contribution in [0.2, 0.25) is 0 Å². The molecule has 1 fully saturated rings. The Morgan fingerprint density at radius 1 is 1.34 bits per heavy atom. The monoisotopic (exact) mass is 443 g/mol. The molecule has 29 heavy (non-hydrogen) atoms. The van der Waals surface area contributed by atoms with E-state index in [0.717, 1.165) is 29.3 Å². The molecule has 1 aliphatic heterocycles. The van der Waals surface area contributed by atoms with Gasteiger partial charge >= 0.3 is 5.69 Å². The normalized spacial score (nSPS) is 16.6. The molecule has 0 saturated carbocycles. The van der Waals surface area contributed by atoms with Gasteiger partial charge in [-0.05, 0) is 38.0 Å².